The van der Waals surface area contributed by atoms with Gasteiger partial charge in [0.25, 0.3) is 0 Å². The summed E-state index contributed by atoms with van der Waals surface area (Å²) in [5.74, 6) is 0.487. The van der Waals surface area contributed by atoms with E-state index in [0.717, 1.165) is 32.1 Å². The van der Waals surface area contributed by atoms with Crippen molar-refractivity contribution in [1.82, 2.24) is 0 Å². The maximum atomic E-state index is 4.36. The van der Waals surface area contributed by atoms with Crippen LogP contribution in [0.25, 0.3) is 5.57 Å². The van der Waals surface area contributed by atoms with E-state index >= 15 is 0 Å². The van der Waals surface area contributed by atoms with Crippen LogP contribution in [0.15, 0.2) is 133 Å². The third kappa shape index (κ3) is 12.8. The van der Waals surface area contributed by atoms with Crippen molar-refractivity contribution < 1.29 is 0 Å². The summed E-state index contributed by atoms with van der Waals surface area (Å²) in [7, 11) is 0. The first-order valence-corrected chi connectivity index (χ1v) is 15.6. The van der Waals surface area contributed by atoms with Crippen LogP contribution in [0.1, 0.15) is 94.5 Å². The quantitative estimate of drug-likeness (QED) is 0.115. The molecule has 0 amide bonds. The number of terminal acetylenes is 1. The van der Waals surface area contributed by atoms with Gasteiger partial charge in [-0.05, 0) is 104 Å². The molecular formula is C43H54. The Morgan fingerprint density at radius 3 is 2.00 bits per heavy atom. The molecule has 0 nitrogen and oxygen atoms in total. The van der Waals surface area contributed by atoms with E-state index in [0.29, 0.717) is 5.92 Å². The molecule has 3 aromatic carbocycles. The van der Waals surface area contributed by atoms with Crippen LogP contribution in [0.4, 0.5) is 0 Å². The molecule has 0 N–H and O–H groups in total. The largest absolute Gasteiger partial charge is 0.124 e. The van der Waals surface area contributed by atoms with E-state index < -0.39 is 0 Å². The predicted molar refractivity (Wildman–Crippen MR) is 194 cm³/mol. The standard InChI is InChI=1S/C21H26.C20H26.C2H2/c1-4-18-10-9-11-19(16-18)15-14-17(3)21(5-2)20-12-7-6-8-13-20;1-7-15(3)13-19(14-18(6)16(4)8-2)20-12-10-9-11-17(20)5;1-2/h6-13,16,21H,3-5,14-15H2,1-2H3;8-14H,2,7H2,1,3-6H3;1-2H/b;15-13-,18-16+,19-14+;/t21-;;/m1../s1. The lowest BCUT2D eigenvalue weighted by molar-refractivity contribution is 0.715. The van der Waals surface area contributed by atoms with Gasteiger partial charge >= 0.3 is 0 Å². The third-order valence-electron chi connectivity index (χ3n) is 7.95. The van der Waals surface area contributed by atoms with Gasteiger partial charge in [-0.1, -0.05) is 142 Å². The normalized spacial score (nSPS) is 12.5. The van der Waals surface area contributed by atoms with Crippen molar-refractivity contribution in [3.8, 4) is 12.8 Å². The van der Waals surface area contributed by atoms with Gasteiger partial charge in [0.1, 0.15) is 0 Å². The lowest BCUT2D eigenvalue weighted by Gasteiger charge is -2.18. The predicted octanol–water partition coefficient (Wildman–Crippen LogP) is 12.4. The van der Waals surface area contributed by atoms with E-state index in [4.69, 9.17) is 0 Å². The molecule has 3 rings (SSSR count). The summed E-state index contributed by atoms with van der Waals surface area (Å²) in [5.41, 5.74) is 13.4. The Hall–Kier alpha value is -4.08. The van der Waals surface area contributed by atoms with Crippen molar-refractivity contribution in [2.45, 2.75) is 86.5 Å². The molecule has 0 radical (unpaired) electrons. The maximum absolute atomic E-state index is 4.36. The molecule has 3 aromatic rings. The van der Waals surface area contributed by atoms with Crippen molar-refractivity contribution in [2.24, 2.45) is 0 Å². The molecule has 0 aromatic heterocycles. The Bertz CT molecular complexity index is 1390. The molecular weight excluding hydrogens is 516 g/mol. The summed E-state index contributed by atoms with van der Waals surface area (Å²) >= 11 is 0. The van der Waals surface area contributed by atoms with Gasteiger partial charge in [0.05, 0.1) is 0 Å². The highest BCUT2D eigenvalue weighted by atomic mass is 14.2. The van der Waals surface area contributed by atoms with Crippen molar-refractivity contribution >= 4 is 5.57 Å². The van der Waals surface area contributed by atoms with Crippen molar-refractivity contribution in [1.29, 1.82) is 0 Å². The lowest BCUT2D eigenvalue weighted by Crippen LogP contribution is -2.02. The fourth-order valence-corrected chi connectivity index (χ4v) is 4.90. The second-order valence-electron chi connectivity index (χ2n) is 11.0. The zero-order valence-corrected chi connectivity index (χ0v) is 27.9. The first-order valence-electron chi connectivity index (χ1n) is 15.6. The van der Waals surface area contributed by atoms with Crippen molar-refractivity contribution in [2.75, 3.05) is 0 Å². The fraction of sp³-hybridized carbons (Fsp3) is 0.302. The molecule has 0 saturated heterocycles. The van der Waals surface area contributed by atoms with Crippen LogP contribution in [0.2, 0.25) is 0 Å². The second-order valence-corrected chi connectivity index (χ2v) is 11.0. The smallest absolute Gasteiger partial charge is 0.00429 e. The van der Waals surface area contributed by atoms with Gasteiger partial charge in [-0.25, -0.2) is 0 Å². The molecule has 0 heterocycles. The fourth-order valence-electron chi connectivity index (χ4n) is 4.90. The summed E-state index contributed by atoms with van der Waals surface area (Å²) in [6, 6.07) is 28.2. The van der Waals surface area contributed by atoms with E-state index in [2.05, 4.69) is 165 Å². The number of hydrogen-bond acceptors (Lipinski definition) is 0. The van der Waals surface area contributed by atoms with E-state index in [-0.39, 0.29) is 0 Å². The van der Waals surface area contributed by atoms with E-state index in [1.807, 2.05) is 6.08 Å². The number of aryl methyl sites for hydroxylation is 3. The molecule has 0 saturated carbocycles. The molecule has 0 heteroatoms. The van der Waals surface area contributed by atoms with Crippen LogP contribution in [-0.4, -0.2) is 0 Å². The number of rotatable bonds is 12. The van der Waals surface area contributed by atoms with Crippen LogP contribution in [-0.2, 0) is 12.8 Å². The highest BCUT2D eigenvalue weighted by Crippen LogP contribution is 2.29. The average molecular weight is 571 g/mol. The first kappa shape index (κ1) is 36.9. The molecule has 0 spiro atoms. The first-order chi connectivity index (χ1) is 20.7. The molecule has 0 unspecified atom stereocenters. The Labute approximate surface area is 264 Å². The zero-order valence-electron chi connectivity index (χ0n) is 27.9. The zero-order chi connectivity index (χ0) is 32.2. The van der Waals surface area contributed by atoms with E-state index in [1.54, 1.807) is 0 Å². The molecule has 1 atom stereocenters. The minimum absolute atomic E-state index is 0.487. The van der Waals surface area contributed by atoms with Gasteiger partial charge in [-0.3, -0.25) is 0 Å². The molecule has 0 bridgehead atoms. The summed E-state index contributed by atoms with van der Waals surface area (Å²) in [5, 5.41) is 0. The van der Waals surface area contributed by atoms with Crippen LogP contribution in [0, 0.1) is 19.8 Å². The molecule has 43 heavy (non-hydrogen) atoms. The van der Waals surface area contributed by atoms with Gasteiger partial charge in [0, 0.05) is 5.92 Å². The average Bonchev–Trinajstić information content (AvgIpc) is 3.05. The molecule has 0 aliphatic carbocycles. The second kappa shape index (κ2) is 20.7. The van der Waals surface area contributed by atoms with Crippen LogP contribution in [0.3, 0.4) is 0 Å². The number of hydrogen-bond donors (Lipinski definition) is 0. The Kier molecular flexibility index (Phi) is 17.8. The Morgan fingerprint density at radius 2 is 1.42 bits per heavy atom. The highest BCUT2D eigenvalue weighted by molar-refractivity contribution is 5.78. The monoisotopic (exact) mass is 570 g/mol. The van der Waals surface area contributed by atoms with Gasteiger partial charge < -0.3 is 0 Å². The SMILES string of the molecule is C#C.C=C(CCc1cccc(CC)c1)[C@@H](CC)c1ccccc1.C=C/C(C)=C(C)/C=C(\C=C(\C)CC)c1ccccc1C. The summed E-state index contributed by atoms with van der Waals surface area (Å²) in [6.07, 6.45) is 19.9. The van der Waals surface area contributed by atoms with Gasteiger partial charge in [0.15, 0.2) is 0 Å². The Morgan fingerprint density at radius 1 is 0.791 bits per heavy atom. The van der Waals surface area contributed by atoms with Crippen molar-refractivity contribution in [3.63, 3.8) is 0 Å². The summed E-state index contributed by atoms with van der Waals surface area (Å²) in [4.78, 5) is 0. The molecule has 226 valence electrons. The topological polar surface area (TPSA) is 0 Å². The highest BCUT2D eigenvalue weighted by Gasteiger charge is 2.12. The summed E-state index contributed by atoms with van der Waals surface area (Å²) in [6.45, 7) is 23.5. The van der Waals surface area contributed by atoms with Crippen LogP contribution in [0.5, 0.6) is 0 Å². The number of benzene rings is 3. The van der Waals surface area contributed by atoms with E-state index in [9.17, 15) is 0 Å². The van der Waals surface area contributed by atoms with Crippen LogP contribution >= 0.6 is 0 Å². The van der Waals surface area contributed by atoms with E-state index in [1.165, 1.54) is 55.7 Å². The third-order valence-corrected chi connectivity index (χ3v) is 7.95. The maximum Gasteiger partial charge on any atom is 0.00429 e. The summed E-state index contributed by atoms with van der Waals surface area (Å²) < 4.78 is 0. The molecule has 0 aliphatic rings. The molecule has 0 aliphatic heterocycles. The number of allylic oxidation sites excluding steroid dienone is 8. The van der Waals surface area contributed by atoms with Crippen molar-refractivity contribution in [3.05, 3.63) is 160 Å². The molecule has 0 fully saturated rings. The Balaban J connectivity index is 0.000000407. The van der Waals surface area contributed by atoms with Gasteiger partial charge in [0.2, 0.25) is 0 Å². The van der Waals surface area contributed by atoms with Gasteiger partial charge in [-0.15, -0.1) is 12.8 Å². The lowest BCUT2D eigenvalue weighted by atomic mass is 9.86. The van der Waals surface area contributed by atoms with Crippen LogP contribution < -0.4 is 0 Å². The minimum atomic E-state index is 0.487. The minimum Gasteiger partial charge on any atom is -0.124 e. The van der Waals surface area contributed by atoms with Gasteiger partial charge in [-0.2, -0.15) is 0 Å².